The minimum atomic E-state index is 0.373. The minimum absolute atomic E-state index is 0.373. The molecular formula is C17H19NOS. The van der Waals surface area contributed by atoms with E-state index >= 15 is 0 Å². The van der Waals surface area contributed by atoms with Crippen LogP contribution in [-0.2, 0) is 0 Å². The Hall–Kier alpha value is -1.45. The van der Waals surface area contributed by atoms with E-state index in [4.69, 9.17) is 4.74 Å². The van der Waals surface area contributed by atoms with Crippen molar-refractivity contribution >= 4 is 11.8 Å². The molecule has 0 aromatic heterocycles. The van der Waals surface area contributed by atoms with Crippen LogP contribution in [0.5, 0.6) is 11.5 Å². The molecule has 1 fully saturated rings. The summed E-state index contributed by atoms with van der Waals surface area (Å²) in [6, 6.07) is 18.9. The molecule has 2 aromatic rings. The molecule has 3 heteroatoms. The van der Waals surface area contributed by atoms with E-state index < -0.39 is 0 Å². The van der Waals surface area contributed by atoms with Gasteiger partial charge in [0.2, 0.25) is 0 Å². The van der Waals surface area contributed by atoms with Gasteiger partial charge in [0.25, 0.3) is 0 Å². The molecule has 2 atom stereocenters. The second-order valence-corrected chi connectivity index (χ2v) is 6.31. The topological polar surface area (TPSA) is 21.3 Å². The van der Waals surface area contributed by atoms with Gasteiger partial charge in [0.1, 0.15) is 11.5 Å². The van der Waals surface area contributed by atoms with Crippen LogP contribution in [0.15, 0.2) is 54.6 Å². The van der Waals surface area contributed by atoms with Gasteiger partial charge in [-0.15, -0.1) is 11.8 Å². The smallest absolute Gasteiger partial charge is 0.127 e. The van der Waals surface area contributed by atoms with Crippen LogP contribution in [0.4, 0.5) is 0 Å². The highest BCUT2D eigenvalue weighted by atomic mass is 32.2. The van der Waals surface area contributed by atoms with Crippen LogP contribution in [0.3, 0.4) is 0 Å². The first-order valence-corrected chi connectivity index (χ1v) is 8.07. The number of rotatable bonds is 3. The molecule has 1 aliphatic heterocycles. The van der Waals surface area contributed by atoms with Gasteiger partial charge in [0, 0.05) is 6.04 Å². The zero-order valence-electron chi connectivity index (χ0n) is 11.6. The maximum absolute atomic E-state index is 5.90. The zero-order valence-corrected chi connectivity index (χ0v) is 12.4. The summed E-state index contributed by atoms with van der Waals surface area (Å²) in [5.74, 6) is 2.99. The molecule has 2 aromatic carbocycles. The van der Waals surface area contributed by atoms with Crippen molar-refractivity contribution in [1.82, 2.24) is 5.32 Å². The maximum Gasteiger partial charge on any atom is 0.127 e. The number of benzene rings is 2. The molecule has 0 amide bonds. The number of hydrogen-bond acceptors (Lipinski definition) is 3. The molecule has 20 heavy (non-hydrogen) atoms. The van der Waals surface area contributed by atoms with Crippen LogP contribution in [0, 0.1) is 0 Å². The van der Waals surface area contributed by atoms with E-state index in [1.165, 1.54) is 17.7 Å². The first-order chi connectivity index (χ1) is 9.81. The summed E-state index contributed by atoms with van der Waals surface area (Å²) in [5, 5.41) is 4.00. The van der Waals surface area contributed by atoms with Crippen molar-refractivity contribution in [3.05, 3.63) is 60.2 Å². The second kappa shape index (κ2) is 6.33. The third-order valence-corrected chi connectivity index (χ3v) is 4.62. The first kappa shape index (κ1) is 13.5. The molecule has 1 aliphatic rings. The van der Waals surface area contributed by atoms with Crippen molar-refractivity contribution < 1.29 is 4.74 Å². The van der Waals surface area contributed by atoms with Gasteiger partial charge in [0.15, 0.2) is 0 Å². The van der Waals surface area contributed by atoms with Gasteiger partial charge in [-0.3, -0.25) is 5.32 Å². The summed E-state index contributed by atoms with van der Waals surface area (Å²) in [7, 11) is 0. The lowest BCUT2D eigenvalue weighted by molar-refractivity contribution is 0.478. The van der Waals surface area contributed by atoms with Crippen LogP contribution in [0.25, 0.3) is 0 Å². The fraction of sp³-hybridized carbons (Fsp3) is 0.294. The molecule has 1 saturated heterocycles. The van der Waals surface area contributed by atoms with Crippen LogP contribution in [0.2, 0.25) is 0 Å². The molecule has 0 spiro atoms. The highest BCUT2D eigenvalue weighted by Gasteiger charge is 2.20. The molecule has 0 radical (unpaired) electrons. The molecule has 1 heterocycles. The SMILES string of the molecule is CC1CCSC(c2cccc(Oc3ccccc3)c2)N1. The zero-order chi connectivity index (χ0) is 13.8. The Bertz CT molecular complexity index is 558. The summed E-state index contributed by atoms with van der Waals surface area (Å²) in [5.41, 5.74) is 1.29. The van der Waals surface area contributed by atoms with Crippen LogP contribution < -0.4 is 10.1 Å². The van der Waals surface area contributed by atoms with Crippen molar-refractivity contribution in [2.75, 3.05) is 5.75 Å². The highest BCUT2D eigenvalue weighted by molar-refractivity contribution is 7.99. The van der Waals surface area contributed by atoms with Gasteiger partial charge >= 0.3 is 0 Å². The predicted octanol–water partition coefficient (Wildman–Crippen LogP) is 4.59. The predicted molar refractivity (Wildman–Crippen MR) is 85.4 cm³/mol. The molecule has 2 nitrogen and oxygen atoms in total. The van der Waals surface area contributed by atoms with E-state index in [1.807, 2.05) is 48.2 Å². The van der Waals surface area contributed by atoms with Crippen molar-refractivity contribution in [1.29, 1.82) is 0 Å². The molecule has 1 N–H and O–H groups in total. The van der Waals surface area contributed by atoms with Crippen molar-refractivity contribution in [3.63, 3.8) is 0 Å². The minimum Gasteiger partial charge on any atom is -0.457 e. The number of nitrogens with one attached hydrogen (secondary N) is 1. The lowest BCUT2D eigenvalue weighted by atomic mass is 10.1. The average Bonchev–Trinajstić information content (AvgIpc) is 2.49. The van der Waals surface area contributed by atoms with Crippen LogP contribution in [0.1, 0.15) is 24.3 Å². The summed E-state index contributed by atoms with van der Waals surface area (Å²) in [6.45, 7) is 2.25. The normalized spacial score (nSPS) is 22.4. The van der Waals surface area contributed by atoms with E-state index in [1.54, 1.807) is 0 Å². The summed E-state index contributed by atoms with van der Waals surface area (Å²) < 4.78 is 5.90. The number of hydrogen-bond donors (Lipinski definition) is 1. The van der Waals surface area contributed by atoms with Gasteiger partial charge in [-0.2, -0.15) is 0 Å². The molecule has 3 rings (SSSR count). The van der Waals surface area contributed by atoms with E-state index in [0.29, 0.717) is 11.4 Å². The highest BCUT2D eigenvalue weighted by Crippen LogP contribution is 2.33. The number of thioether (sulfide) groups is 1. The number of ether oxygens (including phenoxy) is 1. The van der Waals surface area contributed by atoms with E-state index in [0.717, 1.165) is 11.5 Å². The largest absolute Gasteiger partial charge is 0.457 e. The van der Waals surface area contributed by atoms with Crippen molar-refractivity contribution in [3.8, 4) is 11.5 Å². The third-order valence-electron chi connectivity index (χ3n) is 3.41. The van der Waals surface area contributed by atoms with Crippen LogP contribution >= 0.6 is 11.8 Å². The van der Waals surface area contributed by atoms with Gasteiger partial charge in [-0.05, 0) is 48.9 Å². The molecule has 0 saturated carbocycles. The molecule has 0 bridgehead atoms. The third kappa shape index (κ3) is 3.35. The molecular weight excluding hydrogens is 266 g/mol. The van der Waals surface area contributed by atoms with Gasteiger partial charge in [0.05, 0.1) is 5.37 Å². The molecule has 0 aliphatic carbocycles. The molecule has 104 valence electrons. The Morgan fingerprint density at radius 3 is 2.65 bits per heavy atom. The van der Waals surface area contributed by atoms with Crippen LogP contribution in [-0.4, -0.2) is 11.8 Å². The second-order valence-electron chi connectivity index (χ2n) is 5.09. The Kier molecular flexibility index (Phi) is 4.28. The van der Waals surface area contributed by atoms with Gasteiger partial charge in [-0.25, -0.2) is 0 Å². The van der Waals surface area contributed by atoms with Crippen molar-refractivity contribution in [2.45, 2.75) is 24.8 Å². The Balaban J connectivity index is 1.75. The monoisotopic (exact) mass is 285 g/mol. The lowest BCUT2D eigenvalue weighted by Crippen LogP contribution is -2.33. The van der Waals surface area contributed by atoms with E-state index in [-0.39, 0.29) is 0 Å². The first-order valence-electron chi connectivity index (χ1n) is 7.02. The van der Waals surface area contributed by atoms with E-state index in [9.17, 15) is 0 Å². The standard InChI is InChI=1S/C17H19NOS/c1-13-10-11-20-17(18-13)14-6-5-9-16(12-14)19-15-7-3-2-4-8-15/h2-9,12-13,17-18H,10-11H2,1H3. The fourth-order valence-corrected chi connectivity index (χ4v) is 3.70. The Morgan fingerprint density at radius 2 is 1.85 bits per heavy atom. The Labute approximate surface area is 124 Å². The summed E-state index contributed by atoms with van der Waals surface area (Å²) in [6.07, 6.45) is 1.24. The van der Waals surface area contributed by atoms with E-state index in [2.05, 4.69) is 30.4 Å². The van der Waals surface area contributed by atoms with Crippen molar-refractivity contribution in [2.24, 2.45) is 0 Å². The summed E-state index contributed by atoms with van der Waals surface area (Å²) in [4.78, 5) is 0. The maximum atomic E-state index is 5.90. The van der Waals surface area contributed by atoms with Gasteiger partial charge in [-0.1, -0.05) is 30.3 Å². The Morgan fingerprint density at radius 1 is 1.05 bits per heavy atom. The number of para-hydroxylation sites is 1. The molecule has 2 unspecified atom stereocenters. The lowest BCUT2D eigenvalue weighted by Gasteiger charge is -2.28. The quantitative estimate of drug-likeness (QED) is 0.891. The average molecular weight is 285 g/mol. The fourth-order valence-electron chi connectivity index (χ4n) is 2.31. The van der Waals surface area contributed by atoms with Gasteiger partial charge < -0.3 is 4.74 Å². The summed E-state index contributed by atoms with van der Waals surface area (Å²) >= 11 is 1.97.